The van der Waals surface area contributed by atoms with E-state index in [4.69, 9.17) is 0 Å². The van der Waals surface area contributed by atoms with Gasteiger partial charge in [-0.15, -0.1) is 0 Å². The molecule has 1 aliphatic rings. The van der Waals surface area contributed by atoms with Crippen molar-refractivity contribution in [3.05, 3.63) is 47.0 Å². The smallest absolute Gasteiger partial charge is 0.0864 e. The molecular weight excluding hydrogens is 244 g/mol. The zero-order chi connectivity index (χ0) is 14.2. The van der Waals surface area contributed by atoms with Crippen molar-refractivity contribution >= 4 is 0 Å². The van der Waals surface area contributed by atoms with E-state index in [1.54, 1.807) is 0 Å². The molecule has 1 aromatic rings. The van der Waals surface area contributed by atoms with Gasteiger partial charge in [0.25, 0.3) is 0 Å². The van der Waals surface area contributed by atoms with E-state index in [0.29, 0.717) is 0 Å². The van der Waals surface area contributed by atoms with Crippen LogP contribution in [0.4, 0.5) is 0 Å². The number of allylic oxidation sites excluding steroid dienone is 1. The Hall–Kier alpha value is -1.52. The Balaban J connectivity index is 1.95. The molecule has 106 valence electrons. The topological polar surface area (TPSA) is 20.2 Å². The number of aliphatic hydroxyl groups excluding tert-OH is 1. The lowest BCUT2D eigenvalue weighted by atomic mass is 9.96. The maximum absolute atomic E-state index is 9.84. The van der Waals surface area contributed by atoms with E-state index in [-0.39, 0.29) is 6.10 Å². The first-order valence-corrected chi connectivity index (χ1v) is 7.78. The molecule has 1 heteroatoms. The van der Waals surface area contributed by atoms with Gasteiger partial charge in [-0.05, 0) is 49.8 Å². The van der Waals surface area contributed by atoms with Gasteiger partial charge in [0.2, 0.25) is 0 Å². The second-order valence-electron chi connectivity index (χ2n) is 5.51. The van der Waals surface area contributed by atoms with Crippen LogP contribution in [0.5, 0.6) is 0 Å². The minimum Gasteiger partial charge on any atom is -0.388 e. The number of aryl methyl sites for hydroxylation is 1. The van der Waals surface area contributed by atoms with Crippen molar-refractivity contribution in [3.8, 4) is 11.8 Å². The highest BCUT2D eigenvalue weighted by molar-refractivity contribution is 5.43. The van der Waals surface area contributed by atoms with Gasteiger partial charge in [0.1, 0.15) is 0 Å². The van der Waals surface area contributed by atoms with E-state index in [1.807, 2.05) is 0 Å². The van der Waals surface area contributed by atoms with E-state index >= 15 is 0 Å². The Kier molecular flexibility index (Phi) is 5.89. The van der Waals surface area contributed by atoms with Crippen molar-refractivity contribution < 1.29 is 5.11 Å². The summed E-state index contributed by atoms with van der Waals surface area (Å²) in [6.45, 7) is 2.23. The van der Waals surface area contributed by atoms with Gasteiger partial charge in [0.15, 0.2) is 0 Å². The van der Waals surface area contributed by atoms with Crippen molar-refractivity contribution in [1.82, 2.24) is 0 Å². The Morgan fingerprint density at radius 2 is 1.95 bits per heavy atom. The third kappa shape index (κ3) is 4.54. The molecule has 1 atom stereocenters. The lowest BCUT2D eigenvalue weighted by Gasteiger charge is -2.14. The normalized spacial score (nSPS) is 18.1. The quantitative estimate of drug-likeness (QED) is 0.639. The molecule has 0 saturated carbocycles. The fourth-order valence-electron chi connectivity index (χ4n) is 2.47. The zero-order valence-electron chi connectivity index (χ0n) is 12.4. The van der Waals surface area contributed by atoms with Gasteiger partial charge < -0.3 is 5.11 Å². The molecule has 1 aromatic carbocycles. The third-order valence-corrected chi connectivity index (χ3v) is 3.78. The van der Waals surface area contributed by atoms with Gasteiger partial charge in [-0.2, -0.15) is 0 Å². The van der Waals surface area contributed by atoms with Gasteiger partial charge in [-0.25, -0.2) is 0 Å². The highest BCUT2D eigenvalue weighted by Crippen LogP contribution is 2.17. The van der Waals surface area contributed by atoms with Crippen LogP contribution in [-0.2, 0) is 6.42 Å². The molecule has 1 aliphatic carbocycles. The van der Waals surface area contributed by atoms with Crippen molar-refractivity contribution in [2.24, 2.45) is 0 Å². The molecule has 0 heterocycles. The van der Waals surface area contributed by atoms with Crippen molar-refractivity contribution in [3.63, 3.8) is 0 Å². The van der Waals surface area contributed by atoms with E-state index in [1.165, 1.54) is 24.8 Å². The Labute approximate surface area is 122 Å². The van der Waals surface area contributed by atoms with Gasteiger partial charge in [-0.1, -0.05) is 49.8 Å². The number of hydrogen-bond acceptors (Lipinski definition) is 1. The molecule has 0 saturated heterocycles. The molecule has 1 N–H and O–H groups in total. The van der Waals surface area contributed by atoms with Gasteiger partial charge >= 0.3 is 0 Å². The van der Waals surface area contributed by atoms with E-state index in [0.717, 1.165) is 36.8 Å². The van der Waals surface area contributed by atoms with Crippen molar-refractivity contribution in [1.29, 1.82) is 0 Å². The molecule has 0 radical (unpaired) electrons. The monoisotopic (exact) mass is 268 g/mol. The van der Waals surface area contributed by atoms with Crippen LogP contribution in [0.25, 0.3) is 0 Å². The van der Waals surface area contributed by atoms with Gasteiger partial charge in [0, 0.05) is 11.1 Å². The number of rotatable bonds is 4. The number of aliphatic hydroxyl groups is 1. The first kappa shape index (κ1) is 14.9. The third-order valence-electron chi connectivity index (χ3n) is 3.78. The summed E-state index contributed by atoms with van der Waals surface area (Å²) in [5.41, 5.74) is 3.31. The molecule has 2 rings (SSSR count). The Morgan fingerprint density at radius 1 is 1.15 bits per heavy atom. The van der Waals surface area contributed by atoms with Crippen LogP contribution >= 0.6 is 0 Å². The summed E-state index contributed by atoms with van der Waals surface area (Å²) in [5.74, 6) is 6.28. The first-order valence-electron chi connectivity index (χ1n) is 7.78. The van der Waals surface area contributed by atoms with Crippen LogP contribution in [0.15, 0.2) is 35.9 Å². The molecule has 0 aromatic heterocycles. The van der Waals surface area contributed by atoms with Crippen molar-refractivity contribution in [2.75, 3.05) is 0 Å². The second-order valence-corrected chi connectivity index (χ2v) is 5.51. The molecule has 0 bridgehead atoms. The highest BCUT2D eigenvalue weighted by Gasteiger charge is 2.11. The zero-order valence-corrected chi connectivity index (χ0v) is 12.4. The summed E-state index contributed by atoms with van der Waals surface area (Å²) in [4.78, 5) is 0. The number of hydrogen-bond donors (Lipinski definition) is 1. The first-order chi connectivity index (χ1) is 9.79. The van der Waals surface area contributed by atoms with Gasteiger partial charge in [-0.3, -0.25) is 0 Å². The highest BCUT2D eigenvalue weighted by atomic mass is 16.3. The van der Waals surface area contributed by atoms with Crippen LogP contribution < -0.4 is 0 Å². The average Bonchev–Trinajstić information content (AvgIpc) is 2.48. The fourth-order valence-corrected chi connectivity index (χ4v) is 2.47. The molecule has 1 nitrogen and oxygen atoms in total. The lowest BCUT2D eigenvalue weighted by molar-refractivity contribution is 0.196. The Morgan fingerprint density at radius 3 is 2.65 bits per heavy atom. The molecular formula is C19H24O. The summed E-state index contributed by atoms with van der Waals surface area (Å²) in [5, 5.41) is 9.84. The van der Waals surface area contributed by atoms with Crippen molar-refractivity contribution in [2.45, 2.75) is 58.0 Å². The summed E-state index contributed by atoms with van der Waals surface area (Å²) in [6, 6.07) is 8.52. The molecule has 20 heavy (non-hydrogen) atoms. The summed E-state index contributed by atoms with van der Waals surface area (Å²) in [7, 11) is 0. The summed E-state index contributed by atoms with van der Waals surface area (Å²) in [6.07, 6.45) is 9.65. The van der Waals surface area contributed by atoms with Crippen LogP contribution in [0.1, 0.15) is 56.6 Å². The van der Waals surface area contributed by atoms with Crippen LogP contribution in [-0.4, -0.2) is 11.2 Å². The van der Waals surface area contributed by atoms with Crippen LogP contribution in [0, 0.1) is 11.8 Å². The van der Waals surface area contributed by atoms with Gasteiger partial charge in [0.05, 0.1) is 6.10 Å². The van der Waals surface area contributed by atoms with Crippen LogP contribution in [0.2, 0.25) is 0 Å². The predicted molar refractivity (Wildman–Crippen MR) is 84.5 cm³/mol. The summed E-state index contributed by atoms with van der Waals surface area (Å²) >= 11 is 0. The van der Waals surface area contributed by atoms with E-state index in [2.05, 4.69) is 49.1 Å². The summed E-state index contributed by atoms with van der Waals surface area (Å²) < 4.78 is 0. The fraction of sp³-hybridized carbons (Fsp3) is 0.474. The van der Waals surface area contributed by atoms with E-state index in [9.17, 15) is 5.11 Å². The largest absolute Gasteiger partial charge is 0.388 e. The average molecular weight is 268 g/mol. The lowest BCUT2D eigenvalue weighted by Crippen LogP contribution is -2.12. The van der Waals surface area contributed by atoms with E-state index < -0.39 is 0 Å². The number of benzene rings is 1. The molecule has 1 unspecified atom stereocenters. The van der Waals surface area contributed by atoms with Crippen LogP contribution in [0.3, 0.4) is 0 Å². The predicted octanol–water partition coefficient (Wildman–Crippen LogP) is 4.24. The SMILES string of the molecule is CCCCCc1ccc(C#CC2=CCCCC2O)cc1. The molecule has 0 fully saturated rings. The molecule has 0 amide bonds. The second kappa shape index (κ2) is 7.92. The minimum absolute atomic E-state index is 0.357. The Bertz CT molecular complexity index is 499. The molecule has 0 aliphatic heterocycles. The maximum atomic E-state index is 9.84. The molecule has 0 spiro atoms. The maximum Gasteiger partial charge on any atom is 0.0864 e. The standard InChI is InChI=1S/C19H24O/c1-2-3-4-7-16-10-12-17(13-11-16)14-15-18-8-5-6-9-19(18)20/h8,10-13,19-20H,2-7,9H2,1H3. The number of unbranched alkanes of at least 4 members (excludes halogenated alkanes) is 2. The minimum atomic E-state index is -0.357.